The second-order valence-electron chi connectivity index (χ2n) is 8.72. The van der Waals surface area contributed by atoms with E-state index in [-0.39, 0.29) is 0 Å². The summed E-state index contributed by atoms with van der Waals surface area (Å²) in [5, 5.41) is 8.41. The Bertz CT molecular complexity index is 1270. The van der Waals surface area contributed by atoms with E-state index in [1.807, 2.05) is 23.0 Å². The van der Waals surface area contributed by atoms with Crippen LogP contribution in [0.2, 0.25) is 0 Å². The zero-order chi connectivity index (χ0) is 26.1. The van der Waals surface area contributed by atoms with E-state index in [1.165, 1.54) is 11.1 Å². The van der Waals surface area contributed by atoms with Gasteiger partial charge in [0.2, 0.25) is 0 Å². The minimum absolute atomic E-state index is 0.601. The Morgan fingerprint density at radius 2 is 1.86 bits per heavy atom. The van der Waals surface area contributed by atoms with Gasteiger partial charge in [-0.1, -0.05) is 55.3 Å². The van der Waals surface area contributed by atoms with Crippen LogP contribution in [0.3, 0.4) is 0 Å². The third-order valence-corrected chi connectivity index (χ3v) is 6.36. The number of anilines is 1. The lowest BCUT2D eigenvalue weighted by Crippen LogP contribution is -2.15. The molecule has 190 valence electrons. The molecule has 0 radical (unpaired) electrons. The molecule has 1 atom stereocenters. The lowest BCUT2D eigenvalue weighted by Gasteiger charge is -2.16. The molecule has 3 rings (SSSR count). The molecule has 2 aromatic heterocycles. The lowest BCUT2D eigenvalue weighted by molar-refractivity contribution is 0.689. The van der Waals surface area contributed by atoms with E-state index < -0.39 is 11.0 Å². The van der Waals surface area contributed by atoms with Crippen molar-refractivity contribution in [3.05, 3.63) is 94.6 Å². The highest BCUT2D eigenvalue weighted by molar-refractivity contribution is 7.85. The molecule has 0 amide bonds. The molecule has 0 aliphatic carbocycles. The average molecular weight is 504 g/mol. The van der Waals surface area contributed by atoms with E-state index in [0.29, 0.717) is 12.4 Å². The van der Waals surface area contributed by atoms with Gasteiger partial charge in [0.05, 0.1) is 17.6 Å². The third-order valence-electron chi connectivity index (χ3n) is 5.86. The predicted octanol–water partition coefficient (Wildman–Crippen LogP) is 6.58. The summed E-state index contributed by atoms with van der Waals surface area (Å²) in [6.07, 6.45) is 13.8. The Hall–Kier alpha value is -3.45. The second kappa shape index (κ2) is 13.0. The van der Waals surface area contributed by atoms with Crippen molar-refractivity contribution in [2.45, 2.75) is 54.0 Å². The second-order valence-corrected chi connectivity index (χ2v) is 9.84. The van der Waals surface area contributed by atoms with Crippen LogP contribution in [0.4, 0.5) is 5.82 Å². The zero-order valence-electron chi connectivity index (χ0n) is 22.1. The summed E-state index contributed by atoms with van der Waals surface area (Å²) < 4.78 is 16.2. The van der Waals surface area contributed by atoms with Crippen LogP contribution in [0.1, 0.15) is 62.9 Å². The molecule has 1 aromatic carbocycles. The zero-order valence-corrected chi connectivity index (χ0v) is 22.9. The SMILES string of the molecule is C/C=C(/C(=C\CC)NCc1ccc(NS(C)=O)nc1)c1cnn(-c2ccc(C)cc2)c1/C=C(\C)CC. The molecule has 6 nitrogen and oxygen atoms in total. The number of nitrogens with zero attached hydrogens (tertiary/aromatic N) is 3. The Morgan fingerprint density at radius 3 is 2.44 bits per heavy atom. The van der Waals surface area contributed by atoms with E-state index in [1.54, 1.807) is 12.5 Å². The highest BCUT2D eigenvalue weighted by Gasteiger charge is 2.17. The Morgan fingerprint density at radius 1 is 1.11 bits per heavy atom. The molecule has 0 fully saturated rings. The van der Waals surface area contributed by atoms with Crippen LogP contribution in [0.15, 0.2) is 72.2 Å². The molecule has 0 saturated carbocycles. The van der Waals surface area contributed by atoms with Gasteiger partial charge in [0, 0.05) is 35.8 Å². The van der Waals surface area contributed by atoms with Crippen LogP contribution >= 0.6 is 0 Å². The van der Waals surface area contributed by atoms with Gasteiger partial charge in [0.25, 0.3) is 0 Å². The van der Waals surface area contributed by atoms with E-state index in [9.17, 15) is 4.21 Å². The van der Waals surface area contributed by atoms with Crippen molar-refractivity contribution in [1.82, 2.24) is 20.1 Å². The van der Waals surface area contributed by atoms with Crippen LogP contribution in [0, 0.1) is 6.92 Å². The van der Waals surface area contributed by atoms with Gasteiger partial charge in [-0.05, 0) is 63.5 Å². The normalized spacial score (nSPS) is 13.6. The molecule has 7 heteroatoms. The Kier molecular flexibility index (Phi) is 9.82. The number of rotatable bonds is 11. The molecule has 0 aliphatic heterocycles. The van der Waals surface area contributed by atoms with Crippen molar-refractivity contribution in [2.75, 3.05) is 11.0 Å². The largest absolute Gasteiger partial charge is 0.381 e. The van der Waals surface area contributed by atoms with E-state index in [2.05, 4.69) is 92.1 Å². The van der Waals surface area contributed by atoms with Gasteiger partial charge in [0.15, 0.2) is 0 Å². The third kappa shape index (κ3) is 7.04. The first kappa shape index (κ1) is 27.1. The Balaban J connectivity index is 1.94. The van der Waals surface area contributed by atoms with Gasteiger partial charge in [0.1, 0.15) is 16.8 Å². The maximum atomic E-state index is 11.4. The molecule has 1 unspecified atom stereocenters. The first-order chi connectivity index (χ1) is 17.4. The van der Waals surface area contributed by atoms with Crippen LogP contribution in [0.25, 0.3) is 17.3 Å². The van der Waals surface area contributed by atoms with E-state index in [4.69, 9.17) is 5.10 Å². The van der Waals surface area contributed by atoms with Gasteiger partial charge in [-0.15, -0.1) is 0 Å². The summed E-state index contributed by atoms with van der Waals surface area (Å²) in [4.78, 5) is 4.37. The fourth-order valence-electron chi connectivity index (χ4n) is 3.80. The Labute approximate surface area is 217 Å². The number of allylic oxidation sites excluding steroid dienone is 4. The summed E-state index contributed by atoms with van der Waals surface area (Å²) in [6.45, 7) is 11.3. The molecule has 0 spiro atoms. The number of benzene rings is 1. The molecule has 2 heterocycles. The maximum absolute atomic E-state index is 11.4. The van der Waals surface area contributed by atoms with Crippen LogP contribution in [0.5, 0.6) is 0 Å². The summed E-state index contributed by atoms with van der Waals surface area (Å²) in [5.74, 6) is 0.601. The molecular formula is C29H37N5OS. The summed E-state index contributed by atoms with van der Waals surface area (Å²) >= 11 is 0. The molecule has 0 saturated heterocycles. The maximum Gasteiger partial charge on any atom is 0.137 e. The van der Waals surface area contributed by atoms with Crippen molar-refractivity contribution < 1.29 is 4.21 Å². The van der Waals surface area contributed by atoms with Gasteiger partial charge >= 0.3 is 0 Å². The van der Waals surface area contributed by atoms with Gasteiger partial charge in [-0.3, -0.25) is 4.72 Å². The number of hydrogen-bond donors (Lipinski definition) is 2. The summed E-state index contributed by atoms with van der Waals surface area (Å²) in [5.41, 5.74) is 8.92. The topological polar surface area (TPSA) is 71.8 Å². The van der Waals surface area contributed by atoms with Crippen molar-refractivity contribution in [3.63, 3.8) is 0 Å². The van der Waals surface area contributed by atoms with Gasteiger partial charge < -0.3 is 5.32 Å². The van der Waals surface area contributed by atoms with Crippen molar-refractivity contribution >= 4 is 28.5 Å². The molecule has 36 heavy (non-hydrogen) atoms. The minimum Gasteiger partial charge on any atom is -0.381 e. The quantitative estimate of drug-likeness (QED) is 0.290. The predicted molar refractivity (Wildman–Crippen MR) is 153 cm³/mol. The highest BCUT2D eigenvalue weighted by Crippen LogP contribution is 2.29. The van der Waals surface area contributed by atoms with Gasteiger partial charge in [-0.2, -0.15) is 5.10 Å². The minimum atomic E-state index is -1.14. The van der Waals surface area contributed by atoms with Crippen LogP contribution < -0.4 is 10.0 Å². The number of pyridine rings is 1. The molecule has 2 N–H and O–H groups in total. The standard InChI is InChI=1S/C29H37N5OS/c1-7-10-27(30-18-23-13-16-29(31-19-23)33-36(6)35)25(9-3)26-20-32-34(28(26)17-21(4)8-2)24-14-11-22(5)12-15-24/h9-17,19-20,30H,7-8,18H2,1-6H3,(H,31,33)/b21-17+,25-9+,27-10+. The van der Waals surface area contributed by atoms with Crippen molar-refractivity contribution in [3.8, 4) is 5.69 Å². The fourth-order valence-corrected chi connectivity index (χ4v) is 4.22. The average Bonchev–Trinajstić information content (AvgIpc) is 3.26. The number of aryl methyl sites for hydroxylation is 1. The number of aromatic nitrogens is 3. The summed E-state index contributed by atoms with van der Waals surface area (Å²) in [6, 6.07) is 12.3. The van der Waals surface area contributed by atoms with Crippen LogP contribution in [-0.2, 0) is 17.5 Å². The first-order valence-corrected chi connectivity index (χ1v) is 13.9. The number of nitrogens with one attached hydrogen (secondary N) is 2. The van der Waals surface area contributed by atoms with E-state index >= 15 is 0 Å². The fraction of sp³-hybridized carbons (Fsp3) is 0.310. The lowest BCUT2D eigenvalue weighted by atomic mass is 10.00. The smallest absolute Gasteiger partial charge is 0.137 e. The van der Waals surface area contributed by atoms with E-state index in [0.717, 1.165) is 46.6 Å². The molecule has 0 bridgehead atoms. The van der Waals surface area contributed by atoms with Crippen LogP contribution in [-0.4, -0.2) is 25.2 Å². The molecule has 0 aliphatic rings. The van der Waals surface area contributed by atoms with Gasteiger partial charge in [-0.25, -0.2) is 13.9 Å². The first-order valence-electron chi connectivity index (χ1n) is 12.3. The molecule has 3 aromatic rings. The number of hydrogen-bond acceptors (Lipinski definition) is 4. The highest BCUT2D eigenvalue weighted by atomic mass is 32.2. The van der Waals surface area contributed by atoms with Crippen molar-refractivity contribution in [1.29, 1.82) is 0 Å². The summed E-state index contributed by atoms with van der Waals surface area (Å²) in [7, 11) is -1.14. The van der Waals surface area contributed by atoms with Crippen molar-refractivity contribution in [2.24, 2.45) is 0 Å². The molecular weight excluding hydrogens is 466 g/mol. The monoisotopic (exact) mass is 503 g/mol.